The third-order valence-corrected chi connectivity index (χ3v) is 5.78. The summed E-state index contributed by atoms with van der Waals surface area (Å²) in [6, 6.07) is 15.7. The van der Waals surface area contributed by atoms with Crippen LogP contribution in [0, 0.1) is 6.92 Å². The second kappa shape index (κ2) is 9.56. The quantitative estimate of drug-likeness (QED) is 0.513. The highest BCUT2D eigenvalue weighted by atomic mass is 32.1. The minimum absolute atomic E-state index is 0.00228. The second-order valence-electron chi connectivity index (χ2n) is 6.54. The van der Waals surface area contributed by atoms with Crippen molar-refractivity contribution < 1.29 is 14.3 Å². The molecule has 5 nitrogen and oxygen atoms in total. The van der Waals surface area contributed by atoms with Gasteiger partial charge in [0.25, 0.3) is 5.91 Å². The van der Waals surface area contributed by atoms with Crippen LogP contribution < -0.4 is 9.47 Å². The van der Waals surface area contributed by atoms with Gasteiger partial charge in [0.15, 0.2) is 11.5 Å². The molecule has 1 amide bonds. The first kappa shape index (κ1) is 20.9. The number of carbonyl (C=O) groups excluding carboxylic acids is 1. The van der Waals surface area contributed by atoms with Crippen molar-refractivity contribution in [2.24, 2.45) is 0 Å². The van der Waals surface area contributed by atoms with E-state index < -0.39 is 0 Å². The van der Waals surface area contributed by atoms with Crippen LogP contribution >= 0.6 is 11.3 Å². The van der Waals surface area contributed by atoms with Gasteiger partial charge in [-0.25, -0.2) is 4.98 Å². The summed E-state index contributed by atoms with van der Waals surface area (Å²) in [6.45, 7) is 7.49. The Morgan fingerprint density at radius 1 is 1.10 bits per heavy atom. The molecule has 0 aliphatic rings. The van der Waals surface area contributed by atoms with Gasteiger partial charge in [-0.3, -0.25) is 4.79 Å². The van der Waals surface area contributed by atoms with Crippen LogP contribution in [0.3, 0.4) is 0 Å². The number of aryl methyl sites for hydroxylation is 1. The molecule has 0 radical (unpaired) electrons. The maximum Gasteiger partial charge on any atom is 0.266 e. The Kier molecular flexibility index (Phi) is 6.88. The van der Waals surface area contributed by atoms with Crippen LogP contribution in [0.25, 0.3) is 10.6 Å². The summed E-state index contributed by atoms with van der Waals surface area (Å²) < 4.78 is 11.0. The largest absolute Gasteiger partial charge is 0.493 e. The lowest BCUT2D eigenvalue weighted by Crippen LogP contribution is -2.30. The SMILES string of the molecule is CCOc1ccc(CN(CC)C(=O)c2sc(-c3ccccc3)nc2C)cc1OC. The normalized spacial score (nSPS) is 10.6. The highest BCUT2D eigenvalue weighted by Gasteiger charge is 2.21. The fourth-order valence-corrected chi connectivity index (χ4v) is 4.11. The molecule has 6 heteroatoms. The van der Waals surface area contributed by atoms with Gasteiger partial charge in [0.2, 0.25) is 0 Å². The van der Waals surface area contributed by atoms with Crippen molar-refractivity contribution in [3.8, 4) is 22.1 Å². The predicted octanol–water partition coefficient (Wildman–Crippen LogP) is 5.19. The van der Waals surface area contributed by atoms with Crippen molar-refractivity contribution in [1.29, 1.82) is 0 Å². The Balaban J connectivity index is 1.82. The van der Waals surface area contributed by atoms with Gasteiger partial charge in [-0.15, -0.1) is 11.3 Å². The van der Waals surface area contributed by atoms with Crippen molar-refractivity contribution in [3.63, 3.8) is 0 Å². The maximum atomic E-state index is 13.2. The monoisotopic (exact) mass is 410 g/mol. The molecule has 3 aromatic rings. The topological polar surface area (TPSA) is 51.7 Å². The Labute approximate surface area is 175 Å². The summed E-state index contributed by atoms with van der Waals surface area (Å²) in [6.07, 6.45) is 0. The van der Waals surface area contributed by atoms with E-state index in [1.165, 1.54) is 11.3 Å². The summed E-state index contributed by atoms with van der Waals surface area (Å²) in [5.41, 5.74) is 2.78. The number of thiazole rings is 1. The van der Waals surface area contributed by atoms with E-state index in [9.17, 15) is 4.79 Å². The van der Waals surface area contributed by atoms with Crippen LogP contribution in [0.1, 0.15) is 34.8 Å². The molecular weight excluding hydrogens is 384 g/mol. The number of carbonyl (C=O) groups is 1. The van der Waals surface area contributed by atoms with Gasteiger partial charge in [0.1, 0.15) is 9.88 Å². The van der Waals surface area contributed by atoms with E-state index in [1.807, 2.05) is 74.2 Å². The minimum Gasteiger partial charge on any atom is -0.493 e. The fraction of sp³-hybridized carbons (Fsp3) is 0.304. The van der Waals surface area contributed by atoms with Gasteiger partial charge in [-0.1, -0.05) is 36.4 Å². The van der Waals surface area contributed by atoms with Crippen LogP contribution in [0.5, 0.6) is 11.5 Å². The summed E-state index contributed by atoms with van der Waals surface area (Å²) in [5.74, 6) is 1.38. The van der Waals surface area contributed by atoms with E-state index in [0.717, 1.165) is 21.8 Å². The van der Waals surface area contributed by atoms with Crippen LogP contribution in [0.2, 0.25) is 0 Å². The molecule has 0 spiro atoms. The highest BCUT2D eigenvalue weighted by Crippen LogP contribution is 2.31. The molecule has 0 unspecified atom stereocenters. The van der Waals surface area contributed by atoms with Crippen LogP contribution in [0.4, 0.5) is 0 Å². The summed E-state index contributed by atoms with van der Waals surface area (Å²) >= 11 is 1.44. The summed E-state index contributed by atoms with van der Waals surface area (Å²) in [5, 5.41) is 0.866. The third-order valence-electron chi connectivity index (χ3n) is 4.58. The minimum atomic E-state index is -0.00228. The number of nitrogens with zero attached hydrogens (tertiary/aromatic N) is 2. The van der Waals surface area contributed by atoms with E-state index in [0.29, 0.717) is 36.1 Å². The van der Waals surface area contributed by atoms with E-state index in [-0.39, 0.29) is 5.91 Å². The standard InChI is InChI=1S/C23H26N2O3S/c1-5-25(15-17-12-13-19(28-6-2)20(14-17)27-4)23(26)21-16(3)24-22(29-21)18-10-8-7-9-11-18/h7-14H,5-6,15H2,1-4H3. The third kappa shape index (κ3) is 4.77. The summed E-state index contributed by atoms with van der Waals surface area (Å²) in [4.78, 5) is 20.3. The smallest absolute Gasteiger partial charge is 0.266 e. The average molecular weight is 411 g/mol. The molecule has 1 aromatic heterocycles. The molecule has 2 aromatic carbocycles. The predicted molar refractivity (Wildman–Crippen MR) is 117 cm³/mol. The Morgan fingerprint density at radius 3 is 2.52 bits per heavy atom. The van der Waals surface area contributed by atoms with Crippen molar-refractivity contribution in [2.75, 3.05) is 20.3 Å². The first-order valence-electron chi connectivity index (χ1n) is 9.69. The molecule has 3 rings (SSSR count). The van der Waals surface area contributed by atoms with Gasteiger partial charge in [-0.05, 0) is 38.5 Å². The number of methoxy groups -OCH3 is 1. The summed E-state index contributed by atoms with van der Waals surface area (Å²) in [7, 11) is 1.62. The van der Waals surface area contributed by atoms with Gasteiger partial charge in [0, 0.05) is 18.7 Å². The van der Waals surface area contributed by atoms with E-state index in [4.69, 9.17) is 9.47 Å². The van der Waals surface area contributed by atoms with Gasteiger partial charge in [0.05, 0.1) is 19.4 Å². The lowest BCUT2D eigenvalue weighted by atomic mass is 10.1. The van der Waals surface area contributed by atoms with Gasteiger partial charge < -0.3 is 14.4 Å². The van der Waals surface area contributed by atoms with Crippen LogP contribution in [-0.2, 0) is 6.54 Å². The number of rotatable bonds is 8. The fourth-order valence-electron chi connectivity index (χ4n) is 3.08. The Morgan fingerprint density at radius 2 is 1.86 bits per heavy atom. The van der Waals surface area contributed by atoms with Crippen molar-refractivity contribution in [2.45, 2.75) is 27.3 Å². The molecule has 0 aliphatic carbocycles. The number of hydrogen-bond acceptors (Lipinski definition) is 5. The molecule has 0 N–H and O–H groups in total. The van der Waals surface area contributed by atoms with Crippen molar-refractivity contribution in [1.82, 2.24) is 9.88 Å². The van der Waals surface area contributed by atoms with E-state index >= 15 is 0 Å². The van der Waals surface area contributed by atoms with Crippen molar-refractivity contribution >= 4 is 17.2 Å². The molecule has 0 bridgehead atoms. The zero-order chi connectivity index (χ0) is 20.8. The molecule has 152 valence electrons. The second-order valence-corrected chi connectivity index (χ2v) is 7.54. The van der Waals surface area contributed by atoms with Crippen LogP contribution in [-0.4, -0.2) is 36.1 Å². The number of ether oxygens (including phenoxy) is 2. The average Bonchev–Trinajstić information content (AvgIpc) is 3.14. The maximum absolute atomic E-state index is 13.2. The molecule has 0 saturated heterocycles. The number of amides is 1. The lowest BCUT2D eigenvalue weighted by molar-refractivity contribution is 0.0756. The van der Waals surface area contributed by atoms with Gasteiger partial charge >= 0.3 is 0 Å². The van der Waals surface area contributed by atoms with Gasteiger partial charge in [-0.2, -0.15) is 0 Å². The molecule has 0 saturated carbocycles. The highest BCUT2D eigenvalue weighted by molar-refractivity contribution is 7.17. The molecule has 29 heavy (non-hydrogen) atoms. The molecule has 0 atom stereocenters. The molecule has 1 heterocycles. The van der Waals surface area contributed by atoms with E-state index in [1.54, 1.807) is 7.11 Å². The number of benzene rings is 2. The number of aromatic nitrogens is 1. The number of hydrogen-bond donors (Lipinski definition) is 0. The zero-order valence-corrected chi connectivity index (χ0v) is 18.1. The van der Waals surface area contributed by atoms with Crippen molar-refractivity contribution in [3.05, 3.63) is 64.7 Å². The molecule has 0 fully saturated rings. The Hall–Kier alpha value is -2.86. The lowest BCUT2D eigenvalue weighted by Gasteiger charge is -2.21. The Bertz CT molecular complexity index is 970. The molecule has 0 aliphatic heterocycles. The first-order chi connectivity index (χ1) is 14.1. The zero-order valence-electron chi connectivity index (χ0n) is 17.3. The molecular formula is C23H26N2O3S. The first-order valence-corrected chi connectivity index (χ1v) is 10.5. The van der Waals surface area contributed by atoms with E-state index in [2.05, 4.69) is 4.98 Å². The van der Waals surface area contributed by atoms with Crippen LogP contribution in [0.15, 0.2) is 48.5 Å².